The summed E-state index contributed by atoms with van der Waals surface area (Å²) in [7, 11) is 0. The molecule has 2 atom stereocenters. The molecule has 0 bridgehead atoms. The zero-order valence-electron chi connectivity index (χ0n) is 9.00. The third kappa shape index (κ3) is 3.28. The highest BCUT2D eigenvalue weighted by Crippen LogP contribution is 2.28. The number of hydrogen-bond donors (Lipinski definition) is 1. The van der Waals surface area contributed by atoms with Gasteiger partial charge in [-0.25, -0.2) is 4.39 Å². The van der Waals surface area contributed by atoms with Crippen LogP contribution in [0.5, 0.6) is 0 Å². The van der Waals surface area contributed by atoms with Crippen LogP contribution in [0.3, 0.4) is 0 Å². The van der Waals surface area contributed by atoms with Crippen LogP contribution in [0, 0.1) is 11.7 Å². The molecule has 84 valence electrons. The Morgan fingerprint density at radius 3 is 2.67 bits per heavy atom. The monoisotopic (exact) mass is 274 g/mol. The standard InChI is InChI=1S/C12H16BrFO/c1-3-4-8(2)12(15)9-5-6-11(14)10(13)7-9/h5-8,12,15H,3-4H2,1-2H3. The van der Waals surface area contributed by atoms with Gasteiger partial charge in [-0.1, -0.05) is 26.3 Å². The van der Waals surface area contributed by atoms with Gasteiger partial charge in [0.2, 0.25) is 0 Å². The van der Waals surface area contributed by atoms with Crippen molar-refractivity contribution in [1.29, 1.82) is 0 Å². The molecular weight excluding hydrogens is 259 g/mol. The lowest BCUT2D eigenvalue weighted by Crippen LogP contribution is -2.09. The largest absolute Gasteiger partial charge is 0.388 e. The van der Waals surface area contributed by atoms with Gasteiger partial charge in [0, 0.05) is 0 Å². The second-order valence-electron chi connectivity index (χ2n) is 3.88. The fourth-order valence-electron chi connectivity index (χ4n) is 1.64. The van der Waals surface area contributed by atoms with Crippen molar-refractivity contribution in [1.82, 2.24) is 0 Å². The highest BCUT2D eigenvalue weighted by atomic mass is 79.9. The molecule has 1 aromatic rings. The van der Waals surface area contributed by atoms with E-state index in [2.05, 4.69) is 22.9 Å². The third-order valence-electron chi connectivity index (χ3n) is 2.57. The van der Waals surface area contributed by atoms with E-state index in [1.54, 1.807) is 12.1 Å². The Morgan fingerprint density at radius 1 is 1.47 bits per heavy atom. The Hall–Kier alpha value is -0.410. The molecule has 0 amide bonds. The lowest BCUT2D eigenvalue weighted by Gasteiger charge is -2.18. The Labute approximate surface area is 98.4 Å². The molecule has 0 radical (unpaired) electrons. The van der Waals surface area contributed by atoms with Crippen molar-refractivity contribution in [2.45, 2.75) is 32.8 Å². The predicted molar refractivity (Wildman–Crippen MR) is 63.1 cm³/mol. The molecule has 2 unspecified atom stereocenters. The van der Waals surface area contributed by atoms with Crippen LogP contribution in [-0.4, -0.2) is 5.11 Å². The van der Waals surface area contributed by atoms with Gasteiger partial charge in [0.1, 0.15) is 5.82 Å². The first-order valence-electron chi connectivity index (χ1n) is 5.19. The maximum atomic E-state index is 13.0. The van der Waals surface area contributed by atoms with E-state index in [0.29, 0.717) is 4.47 Å². The van der Waals surface area contributed by atoms with Crippen molar-refractivity contribution < 1.29 is 9.50 Å². The van der Waals surface area contributed by atoms with Gasteiger partial charge in [-0.15, -0.1) is 0 Å². The van der Waals surface area contributed by atoms with Crippen molar-refractivity contribution in [3.05, 3.63) is 34.1 Å². The van der Waals surface area contributed by atoms with Crippen LogP contribution in [0.1, 0.15) is 38.4 Å². The van der Waals surface area contributed by atoms with E-state index in [1.165, 1.54) is 6.07 Å². The molecule has 1 N–H and O–H groups in total. The molecule has 1 nitrogen and oxygen atoms in total. The molecule has 0 heterocycles. The summed E-state index contributed by atoms with van der Waals surface area (Å²) in [6.07, 6.45) is 1.50. The number of rotatable bonds is 4. The smallest absolute Gasteiger partial charge is 0.137 e. The van der Waals surface area contributed by atoms with E-state index in [4.69, 9.17) is 0 Å². The predicted octanol–water partition coefficient (Wildman–Crippen LogP) is 4.06. The fraction of sp³-hybridized carbons (Fsp3) is 0.500. The number of hydrogen-bond acceptors (Lipinski definition) is 1. The molecule has 0 aromatic heterocycles. The minimum absolute atomic E-state index is 0.201. The first-order valence-corrected chi connectivity index (χ1v) is 5.98. The Morgan fingerprint density at radius 2 is 2.13 bits per heavy atom. The molecule has 0 saturated carbocycles. The van der Waals surface area contributed by atoms with Gasteiger partial charge in [0.15, 0.2) is 0 Å². The van der Waals surface area contributed by atoms with Crippen LogP contribution in [0.15, 0.2) is 22.7 Å². The van der Waals surface area contributed by atoms with Crippen LogP contribution < -0.4 is 0 Å². The highest BCUT2D eigenvalue weighted by Gasteiger charge is 2.16. The van der Waals surface area contributed by atoms with Gasteiger partial charge in [0.25, 0.3) is 0 Å². The molecule has 0 fully saturated rings. The van der Waals surface area contributed by atoms with Gasteiger partial charge in [-0.3, -0.25) is 0 Å². The first-order chi connectivity index (χ1) is 7.06. The second-order valence-corrected chi connectivity index (χ2v) is 4.74. The fourth-order valence-corrected chi connectivity index (χ4v) is 2.03. The number of benzene rings is 1. The average Bonchev–Trinajstić information content (AvgIpc) is 2.21. The summed E-state index contributed by atoms with van der Waals surface area (Å²) in [5.41, 5.74) is 0.768. The second kappa shape index (κ2) is 5.61. The zero-order chi connectivity index (χ0) is 11.4. The summed E-state index contributed by atoms with van der Waals surface area (Å²) in [5.74, 6) is -0.0959. The summed E-state index contributed by atoms with van der Waals surface area (Å²) in [5, 5.41) is 9.99. The molecule has 15 heavy (non-hydrogen) atoms. The third-order valence-corrected chi connectivity index (χ3v) is 3.18. The Bertz CT molecular complexity index is 327. The van der Waals surface area contributed by atoms with Crippen molar-refractivity contribution in [3.8, 4) is 0 Å². The highest BCUT2D eigenvalue weighted by molar-refractivity contribution is 9.10. The summed E-state index contributed by atoms with van der Waals surface area (Å²) >= 11 is 3.12. The molecule has 0 aliphatic rings. The normalized spacial score (nSPS) is 15.0. The van der Waals surface area contributed by atoms with Crippen molar-refractivity contribution in [3.63, 3.8) is 0 Å². The molecule has 1 rings (SSSR count). The SMILES string of the molecule is CCCC(C)C(O)c1ccc(F)c(Br)c1. The van der Waals surface area contributed by atoms with Crippen molar-refractivity contribution >= 4 is 15.9 Å². The first kappa shape index (κ1) is 12.7. The maximum Gasteiger partial charge on any atom is 0.137 e. The van der Waals surface area contributed by atoms with E-state index in [1.807, 2.05) is 6.92 Å². The lowest BCUT2D eigenvalue weighted by molar-refractivity contribution is 0.112. The number of halogens is 2. The van der Waals surface area contributed by atoms with E-state index >= 15 is 0 Å². The van der Waals surface area contributed by atoms with Crippen LogP contribution in [-0.2, 0) is 0 Å². The van der Waals surface area contributed by atoms with Gasteiger partial charge in [0.05, 0.1) is 10.6 Å². The van der Waals surface area contributed by atoms with Crippen LogP contribution in [0.4, 0.5) is 4.39 Å². The average molecular weight is 275 g/mol. The van der Waals surface area contributed by atoms with E-state index in [-0.39, 0.29) is 11.7 Å². The van der Waals surface area contributed by atoms with Crippen molar-refractivity contribution in [2.24, 2.45) is 5.92 Å². The minimum Gasteiger partial charge on any atom is -0.388 e. The number of aliphatic hydroxyl groups is 1. The van der Waals surface area contributed by atoms with Crippen LogP contribution >= 0.6 is 15.9 Å². The molecule has 0 spiro atoms. The van der Waals surface area contributed by atoms with Gasteiger partial charge in [-0.05, 0) is 46.0 Å². The lowest BCUT2D eigenvalue weighted by atomic mass is 9.94. The topological polar surface area (TPSA) is 20.2 Å². The van der Waals surface area contributed by atoms with Crippen molar-refractivity contribution in [2.75, 3.05) is 0 Å². The molecule has 0 aliphatic carbocycles. The van der Waals surface area contributed by atoms with E-state index in [0.717, 1.165) is 18.4 Å². The maximum absolute atomic E-state index is 13.0. The molecule has 0 aliphatic heterocycles. The van der Waals surface area contributed by atoms with Gasteiger partial charge < -0.3 is 5.11 Å². The van der Waals surface area contributed by atoms with Gasteiger partial charge in [-0.2, -0.15) is 0 Å². The number of aliphatic hydroxyl groups excluding tert-OH is 1. The summed E-state index contributed by atoms with van der Waals surface area (Å²) in [6.45, 7) is 4.09. The Balaban J connectivity index is 2.81. The van der Waals surface area contributed by atoms with E-state index in [9.17, 15) is 9.50 Å². The van der Waals surface area contributed by atoms with Crippen LogP contribution in [0.2, 0.25) is 0 Å². The summed E-state index contributed by atoms with van der Waals surface area (Å²) in [6, 6.07) is 4.66. The molecule has 0 saturated heterocycles. The minimum atomic E-state index is -0.512. The molecule has 1 aromatic carbocycles. The molecule has 3 heteroatoms. The summed E-state index contributed by atoms with van der Waals surface area (Å²) in [4.78, 5) is 0. The quantitative estimate of drug-likeness (QED) is 0.878. The summed E-state index contributed by atoms with van der Waals surface area (Å²) < 4.78 is 13.4. The zero-order valence-corrected chi connectivity index (χ0v) is 10.6. The van der Waals surface area contributed by atoms with E-state index < -0.39 is 6.10 Å². The molecular formula is C12H16BrFO. The van der Waals surface area contributed by atoms with Crippen LogP contribution in [0.25, 0.3) is 0 Å². The van der Waals surface area contributed by atoms with Gasteiger partial charge >= 0.3 is 0 Å². The Kier molecular flexibility index (Phi) is 4.74.